The van der Waals surface area contributed by atoms with Gasteiger partial charge >= 0.3 is 11.9 Å². The van der Waals surface area contributed by atoms with Crippen LogP contribution in [0.4, 0.5) is 8.78 Å². The van der Waals surface area contributed by atoms with Gasteiger partial charge in [0.05, 0.1) is 12.1 Å². The van der Waals surface area contributed by atoms with Gasteiger partial charge in [0.2, 0.25) is 0 Å². The standard InChI is InChI=1S/C25H25F2NO4S/c26-25(27)17-19(12-13-20(29)10-5-4-9-18-7-2-1-3-8-18)28(24(25)32)16-6-11-21-14-15-22(33-21)23(30)31/h1-3,7-8,12-15,19-20,29H,5-6,10-11,16-17H2,(H,30,31)/b13-12+/t19-,20-/m0/s1. The van der Waals surface area contributed by atoms with Gasteiger partial charge in [-0.2, -0.15) is 8.78 Å². The van der Waals surface area contributed by atoms with Gasteiger partial charge in [-0.3, -0.25) is 4.79 Å². The first-order chi connectivity index (χ1) is 15.8. The van der Waals surface area contributed by atoms with Crippen molar-refractivity contribution < 1.29 is 28.6 Å². The summed E-state index contributed by atoms with van der Waals surface area (Å²) < 4.78 is 28.1. The smallest absolute Gasteiger partial charge is 0.345 e. The Morgan fingerprint density at radius 3 is 2.73 bits per heavy atom. The van der Waals surface area contributed by atoms with Crippen LogP contribution in [-0.4, -0.2) is 51.6 Å². The van der Waals surface area contributed by atoms with E-state index in [2.05, 4.69) is 11.8 Å². The number of carbonyl (C=O) groups is 2. The van der Waals surface area contributed by atoms with Gasteiger partial charge in [-0.15, -0.1) is 11.3 Å². The third-order valence-electron chi connectivity index (χ3n) is 5.26. The highest BCUT2D eigenvalue weighted by Crippen LogP contribution is 2.34. The number of likely N-dealkylation sites (tertiary alicyclic amines) is 1. The number of carbonyl (C=O) groups excluding carboxylic acids is 1. The zero-order valence-electron chi connectivity index (χ0n) is 17.9. The number of alkyl halides is 2. The van der Waals surface area contributed by atoms with Crippen molar-refractivity contribution in [2.45, 2.75) is 50.2 Å². The molecule has 0 spiro atoms. The highest BCUT2D eigenvalue weighted by atomic mass is 32.1. The fourth-order valence-electron chi connectivity index (χ4n) is 3.57. The molecule has 0 saturated carbocycles. The molecule has 0 bridgehead atoms. The predicted octanol–water partition coefficient (Wildman–Crippen LogP) is 4.36. The van der Waals surface area contributed by atoms with Crippen LogP contribution >= 0.6 is 11.3 Å². The molecule has 3 rings (SSSR count). The average Bonchev–Trinajstić information content (AvgIpc) is 3.34. The van der Waals surface area contributed by atoms with Gasteiger partial charge in [0.1, 0.15) is 4.88 Å². The number of aromatic carboxylic acids is 1. The van der Waals surface area contributed by atoms with Crippen molar-refractivity contribution in [3.63, 3.8) is 0 Å². The minimum Gasteiger partial charge on any atom is -0.477 e. The molecule has 33 heavy (non-hydrogen) atoms. The summed E-state index contributed by atoms with van der Waals surface area (Å²) in [6.45, 7) is 0.127. The van der Waals surface area contributed by atoms with E-state index in [1.807, 2.05) is 30.3 Å². The van der Waals surface area contributed by atoms with Gasteiger partial charge < -0.3 is 15.1 Å². The monoisotopic (exact) mass is 473 g/mol. The number of hydrogen-bond acceptors (Lipinski definition) is 4. The van der Waals surface area contributed by atoms with Crippen molar-refractivity contribution in [3.05, 3.63) is 69.9 Å². The second kappa shape index (κ2) is 11.2. The molecule has 2 N–H and O–H groups in total. The number of rotatable bonds is 9. The van der Waals surface area contributed by atoms with Crippen LogP contribution in [0.2, 0.25) is 0 Å². The van der Waals surface area contributed by atoms with Crippen LogP contribution in [0.25, 0.3) is 0 Å². The molecular weight excluding hydrogens is 448 g/mol. The third-order valence-corrected chi connectivity index (χ3v) is 6.39. The SMILES string of the molecule is O=C(O)c1ccc(CCCN2C(=O)C(F)(F)C[C@@H]2/C=C/[C@@H](O)CCC#Cc2ccccc2)s1. The quantitative estimate of drug-likeness (QED) is 0.419. The number of carboxylic acid groups (broad SMARTS) is 1. The molecule has 5 nitrogen and oxygen atoms in total. The molecule has 2 aromatic rings. The first-order valence-electron chi connectivity index (χ1n) is 10.7. The van der Waals surface area contributed by atoms with E-state index in [-0.39, 0.29) is 11.4 Å². The number of halogens is 2. The zero-order chi connectivity index (χ0) is 23.8. The number of hydrogen-bond donors (Lipinski definition) is 2. The summed E-state index contributed by atoms with van der Waals surface area (Å²) in [5.74, 6) is 0.329. The predicted molar refractivity (Wildman–Crippen MR) is 122 cm³/mol. The van der Waals surface area contributed by atoms with Crippen molar-refractivity contribution >= 4 is 23.2 Å². The molecule has 1 amide bonds. The van der Waals surface area contributed by atoms with Crippen LogP contribution in [0.15, 0.2) is 54.6 Å². The molecule has 8 heteroatoms. The van der Waals surface area contributed by atoms with Crippen LogP contribution < -0.4 is 0 Å². The molecule has 2 atom stereocenters. The molecule has 2 heterocycles. The summed E-state index contributed by atoms with van der Waals surface area (Å²) in [4.78, 5) is 25.3. The second-order valence-corrected chi connectivity index (χ2v) is 8.98. The van der Waals surface area contributed by atoms with Crippen molar-refractivity contribution in [1.82, 2.24) is 4.90 Å². The highest BCUT2D eigenvalue weighted by Gasteiger charge is 2.52. The van der Waals surface area contributed by atoms with Crippen molar-refractivity contribution in [2.75, 3.05) is 6.54 Å². The summed E-state index contributed by atoms with van der Waals surface area (Å²) in [5.41, 5.74) is 0.881. The van der Waals surface area contributed by atoms with E-state index < -0.39 is 36.4 Å². The van der Waals surface area contributed by atoms with Gasteiger partial charge in [0, 0.05) is 29.8 Å². The molecule has 1 aliphatic rings. The summed E-state index contributed by atoms with van der Waals surface area (Å²) in [7, 11) is 0. The number of nitrogens with zero attached hydrogens (tertiary/aromatic N) is 1. The summed E-state index contributed by atoms with van der Waals surface area (Å²) in [6.07, 6.45) is 3.19. The van der Waals surface area contributed by atoms with E-state index >= 15 is 0 Å². The minimum absolute atomic E-state index is 0.127. The molecule has 174 valence electrons. The number of thiophene rings is 1. The maximum Gasteiger partial charge on any atom is 0.345 e. The molecule has 1 fully saturated rings. The Kier molecular flexibility index (Phi) is 8.37. The summed E-state index contributed by atoms with van der Waals surface area (Å²) in [6, 6.07) is 11.9. The lowest BCUT2D eigenvalue weighted by Crippen LogP contribution is -2.36. The van der Waals surface area contributed by atoms with E-state index in [0.29, 0.717) is 25.7 Å². The van der Waals surface area contributed by atoms with Crippen LogP contribution in [0.5, 0.6) is 0 Å². The average molecular weight is 474 g/mol. The Morgan fingerprint density at radius 2 is 2.03 bits per heavy atom. The maximum atomic E-state index is 14.0. The van der Waals surface area contributed by atoms with E-state index in [4.69, 9.17) is 5.11 Å². The Bertz CT molecular complexity index is 1060. The van der Waals surface area contributed by atoms with E-state index in [1.165, 1.54) is 18.2 Å². The zero-order valence-corrected chi connectivity index (χ0v) is 18.7. The Morgan fingerprint density at radius 1 is 1.27 bits per heavy atom. The van der Waals surface area contributed by atoms with Gasteiger partial charge in [0.25, 0.3) is 5.91 Å². The number of aliphatic hydroxyl groups excluding tert-OH is 1. The minimum atomic E-state index is -3.43. The number of carboxylic acids is 1. The number of amides is 1. The molecule has 1 aliphatic heterocycles. The Balaban J connectivity index is 1.52. The molecular formula is C25H25F2NO4S. The summed E-state index contributed by atoms with van der Waals surface area (Å²) in [5, 5.41) is 19.2. The second-order valence-electron chi connectivity index (χ2n) is 7.81. The topological polar surface area (TPSA) is 77.8 Å². The molecule has 1 saturated heterocycles. The first kappa shape index (κ1) is 24.6. The normalized spacial score (nSPS) is 18.3. The van der Waals surface area contributed by atoms with Crippen molar-refractivity contribution in [2.24, 2.45) is 0 Å². The van der Waals surface area contributed by atoms with Crippen LogP contribution in [0, 0.1) is 11.8 Å². The van der Waals surface area contributed by atoms with E-state index in [0.717, 1.165) is 26.7 Å². The third kappa shape index (κ3) is 6.98. The number of aliphatic hydroxyl groups is 1. The first-order valence-corrected chi connectivity index (χ1v) is 11.5. The van der Waals surface area contributed by atoms with Crippen LogP contribution in [0.1, 0.15) is 45.8 Å². The molecule has 0 radical (unpaired) electrons. The fourth-order valence-corrected chi connectivity index (χ4v) is 4.46. The highest BCUT2D eigenvalue weighted by molar-refractivity contribution is 7.13. The largest absolute Gasteiger partial charge is 0.477 e. The van der Waals surface area contributed by atoms with Crippen LogP contribution in [-0.2, 0) is 11.2 Å². The van der Waals surface area contributed by atoms with Crippen LogP contribution in [0.3, 0.4) is 0 Å². The fraction of sp³-hybridized carbons (Fsp3) is 0.360. The van der Waals surface area contributed by atoms with Gasteiger partial charge in [-0.05, 0) is 43.5 Å². The van der Waals surface area contributed by atoms with Gasteiger partial charge in [-0.25, -0.2) is 4.79 Å². The van der Waals surface area contributed by atoms with Crippen molar-refractivity contribution in [3.8, 4) is 11.8 Å². The molecule has 0 aliphatic carbocycles. The lowest BCUT2D eigenvalue weighted by Gasteiger charge is -2.21. The molecule has 1 aromatic carbocycles. The maximum absolute atomic E-state index is 14.0. The number of benzene rings is 1. The van der Waals surface area contributed by atoms with Gasteiger partial charge in [-0.1, -0.05) is 42.2 Å². The molecule has 0 unspecified atom stereocenters. The lowest BCUT2D eigenvalue weighted by atomic mass is 10.1. The number of aryl methyl sites for hydroxylation is 1. The molecule has 1 aromatic heterocycles. The Labute approximate surface area is 195 Å². The Hall–Kier alpha value is -3.02. The van der Waals surface area contributed by atoms with E-state index in [9.17, 15) is 23.5 Å². The van der Waals surface area contributed by atoms with E-state index in [1.54, 1.807) is 6.07 Å². The summed E-state index contributed by atoms with van der Waals surface area (Å²) >= 11 is 1.14. The lowest BCUT2D eigenvalue weighted by molar-refractivity contribution is -0.148. The van der Waals surface area contributed by atoms with Gasteiger partial charge in [0.15, 0.2) is 0 Å². The van der Waals surface area contributed by atoms with Crippen molar-refractivity contribution in [1.29, 1.82) is 0 Å².